The minimum atomic E-state index is -4.45. The Kier molecular flexibility index (Phi) is 6.91. The molecule has 0 fully saturated rings. The monoisotopic (exact) mass is 473 g/mol. The molecule has 1 unspecified atom stereocenters. The van der Waals surface area contributed by atoms with Crippen LogP contribution in [0, 0.1) is 5.41 Å². The molecule has 0 heterocycles. The van der Waals surface area contributed by atoms with Gasteiger partial charge >= 0.3 is 12.1 Å². The smallest absolute Gasteiger partial charge is 0.416 e. The number of alkyl halides is 3. The fourth-order valence-corrected chi connectivity index (χ4v) is 3.59. The van der Waals surface area contributed by atoms with Crippen LogP contribution in [0.25, 0.3) is 10.8 Å². The van der Waals surface area contributed by atoms with Gasteiger partial charge in [-0.3, -0.25) is 4.79 Å². The van der Waals surface area contributed by atoms with Gasteiger partial charge in [0.05, 0.1) is 11.1 Å². The minimum Gasteiger partial charge on any atom is -0.485 e. The van der Waals surface area contributed by atoms with Crippen molar-refractivity contribution in [1.82, 2.24) is 5.32 Å². The van der Waals surface area contributed by atoms with Crippen LogP contribution < -0.4 is 10.1 Å². The maximum absolute atomic E-state index is 13.2. The van der Waals surface area contributed by atoms with Gasteiger partial charge in [0.15, 0.2) is 0 Å². The number of carboxylic acids is 1. The van der Waals surface area contributed by atoms with E-state index in [1.807, 2.05) is 12.1 Å². The normalized spacial score (nSPS) is 13.9. The van der Waals surface area contributed by atoms with Crippen LogP contribution in [0.3, 0.4) is 0 Å². The number of rotatable bonds is 6. The van der Waals surface area contributed by atoms with E-state index >= 15 is 0 Å². The molecular formula is C26H26F3NO4. The number of hydrogen-bond donors (Lipinski definition) is 2. The first-order valence-electron chi connectivity index (χ1n) is 10.7. The summed E-state index contributed by atoms with van der Waals surface area (Å²) in [6, 6.07) is 13.9. The quantitative estimate of drug-likeness (QED) is 0.445. The summed E-state index contributed by atoms with van der Waals surface area (Å²) in [5, 5.41) is 13.6. The largest absolute Gasteiger partial charge is 0.485 e. The van der Waals surface area contributed by atoms with Crippen LogP contribution in [-0.4, -0.2) is 23.0 Å². The molecule has 5 nitrogen and oxygen atoms in total. The number of nitrogens with one attached hydrogen (secondary N) is 1. The van der Waals surface area contributed by atoms with E-state index in [0.29, 0.717) is 10.9 Å². The van der Waals surface area contributed by atoms with E-state index in [1.54, 1.807) is 52.0 Å². The van der Waals surface area contributed by atoms with Gasteiger partial charge in [-0.1, -0.05) is 63.2 Å². The molecule has 0 saturated carbocycles. The summed E-state index contributed by atoms with van der Waals surface area (Å²) in [4.78, 5) is 24.9. The van der Waals surface area contributed by atoms with Crippen molar-refractivity contribution >= 4 is 22.6 Å². The van der Waals surface area contributed by atoms with E-state index in [0.717, 1.165) is 17.5 Å². The van der Waals surface area contributed by atoms with Crippen molar-refractivity contribution in [2.75, 3.05) is 0 Å². The lowest BCUT2D eigenvalue weighted by atomic mass is 9.86. The summed E-state index contributed by atoms with van der Waals surface area (Å²) >= 11 is 0. The lowest BCUT2D eigenvalue weighted by Gasteiger charge is -2.28. The molecule has 0 radical (unpaired) electrons. The first-order valence-corrected chi connectivity index (χ1v) is 10.7. The van der Waals surface area contributed by atoms with E-state index in [1.165, 1.54) is 12.1 Å². The second kappa shape index (κ2) is 9.37. The number of amides is 1. The summed E-state index contributed by atoms with van der Waals surface area (Å²) in [6.07, 6.45) is -5.13. The van der Waals surface area contributed by atoms with Gasteiger partial charge in [0, 0.05) is 5.39 Å². The summed E-state index contributed by atoms with van der Waals surface area (Å²) in [6.45, 7) is 6.78. The predicted molar refractivity (Wildman–Crippen MR) is 123 cm³/mol. The molecule has 3 aromatic carbocycles. The lowest BCUT2D eigenvalue weighted by molar-refractivity contribution is -0.142. The van der Waals surface area contributed by atoms with Crippen LogP contribution in [0.5, 0.6) is 5.75 Å². The summed E-state index contributed by atoms with van der Waals surface area (Å²) in [7, 11) is 0. The third-order valence-electron chi connectivity index (χ3n) is 5.51. The maximum atomic E-state index is 13.2. The van der Waals surface area contributed by atoms with Gasteiger partial charge < -0.3 is 15.2 Å². The molecule has 0 bridgehead atoms. The molecule has 3 aromatic rings. The van der Waals surface area contributed by atoms with E-state index in [4.69, 9.17) is 4.74 Å². The number of carbonyl (C=O) groups excluding carboxylic acids is 1. The van der Waals surface area contributed by atoms with E-state index in [-0.39, 0.29) is 11.3 Å². The first-order chi connectivity index (χ1) is 15.8. The lowest BCUT2D eigenvalue weighted by Crippen LogP contribution is -2.49. The molecule has 2 N–H and O–H groups in total. The first kappa shape index (κ1) is 25.1. The van der Waals surface area contributed by atoms with Gasteiger partial charge in [0.2, 0.25) is 0 Å². The van der Waals surface area contributed by atoms with Gasteiger partial charge in [-0.05, 0) is 41.5 Å². The zero-order valence-corrected chi connectivity index (χ0v) is 19.2. The highest BCUT2D eigenvalue weighted by molar-refractivity contribution is 6.05. The van der Waals surface area contributed by atoms with Crippen LogP contribution in [0.4, 0.5) is 13.2 Å². The Hall–Kier alpha value is -3.55. The van der Waals surface area contributed by atoms with Crippen molar-refractivity contribution in [3.05, 3.63) is 77.4 Å². The average Bonchev–Trinajstić information content (AvgIpc) is 2.76. The van der Waals surface area contributed by atoms with E-state index in [9.17, 15) is 27.9 Å². The third-order valence-corrected chi connectivity index (χ3v) is 5.51. The fourth-order valence-electron chi connectivity index (χ4n) is 3.59. The van der Waals surface area contributed by atoms with Crippen molar-refractivity contribution in [2.45, 2.75) is 46.0 Å². The molecule has 0 aliphatic rings. The van der Waals surface area contributed by atoms with E-state index < -0.39 is 41.2 Å². The average molecular weight is 473 g/mol. The maximum Gasteiger partial charge on any atom is 0.416 e. The number of fused-ring (bicyclic) bond motifs is 1. The Bertz CT molecular complexity index is 1200. The SMILES string of the molecule is CC(Oc1c(C(=O)N[C@H](C(=O)O)C(C)(C)C)ccc2ccccc12)c1ccc(C(F)(F)F)cc1. The highest BCUT2D eigenvalue weighted by Gasteiger charge is 2.34. The molecule has 2 atom stereocenters. The molecule has 180 valence electrons. The zero-order chi connectivity index (χ0) is 25.3. The summed E-state index contributed by atoms with van der Waals surface area (Å²) in [5.41, 5.74) is -0.888. The van der Waals surface area contributed by atoms with Crippen LogP contribution in [0.15, 0.2) is 60.7 Å². The molecule has 3 rings (SSSR count). The van der Waals surface area contributed by atoms with Gasteiger partial charge in [-0.15, -0.1) is 0 Å². The second-order valence-corrected chi connectivity index (χ2v) is 9.15. The van der Waals surface area contributed by atoms with Crippen molar-refractivity contribution in [1.29, 1.82) is 0 Å². The standard InChI is InChI=1S/C26H26F3NO4/c1-15(16-9-12-18(13-10-16)26(27,28)29)34-21-19-8-6-5-7-17(19)11-14-20(21)23(31)30-22(24(32)33)25(2,3)4/h5-15,22H,1-4H3,(H,30,31)(H,32,33)/t15?,22-/m1/s1. The van der Waals surface area contributed by atoms with Gasteiger partial charge in [0.1, 0.15) is 17.9 Å². The summed E-state index contributed by atoms with van der Waals surface area (Å²) < 4.78 is 44.9. The number of aliphatic carboxylic acids is 1. The number of benzene rings is 3. The molecular weight excluding hydrogens is 447 g/mol. The van der Waals surface area contributed by atoms with Crippen molar-refractivity contribution in [2.24, 2.45) is 5.41 Å². The Morgan fingerprint density at radius 3 is 2.12 bits per heavy atom. The van der Waals surface area contributed by atoms with Crippen molar-refractivity contribution in [3.63, 3.8) is 0 Å². The number of hydrogen-bond acceptors (Lipinski definition) is 3. The molecule has 0 spiro atoms. The van der Waals surface area contributed by atoms with Crippen LogP contribution >= 0.6 is 0 Å². The molecule has 0 aromatic heterocycles. The molecule has 34 heavy (non-hydrogen) atoms. The number of carboxylic acid groups (broad SMARTS) is 1. The van der Waals surface area contributed by atoms with Gasteiger partial charge in [0.25, 0.3) is 5.91 Å². The Morgan fingerprint density at radius 1 is 0.941 bits per heavy atom. The Balaban J connectivity index is 1.99. The van der Waals surface area contributed by atoms with Gasteiger partial charge in [-0.25, -0.2) is 4.79 Å². The fraction of sp³-hybridized carbons (Fsp3) is 0.308. The number of carbonyl (C=O) groups is 2. The summed E-state index contributed by atoms with van der Waals surface area (Å²) in [5.74, 6) is -1.56. The van der Waals surface area contributed by atoms with Crippen molar-refractivity contribution in [3.8, 4) is 5.75 Å². The highest BCUT2D eigenvalue weighted by Crippen LogP contribution is 2.35. The topological polar surface area (TPSA) is 75.6 Å². The Morgan fingerprint density at radius 2 is 1.56 bits per heavy atom. The molecule has 1 amide bonds. The zero-order valence-electron chi connectivity index (χ0n) is 19.2. The molecule has 0 aliphatic heterocycles. The van der Waals surface area contributed by atoms with Crippen LogP contribution in [-0.2, 0) is 11.0 Å². The highest BCUT2D eigenvalue weighted by atomic mass is 19.4. The minimum absolute atomic E-state index is 0.132. The number of halogens is 3. The third kappa shape index (κ3) is 5.50. The number of ether oxygens (including phenoxy) is 1. The van der Waals surface area contributed by atoms with Crippen molar-refractivity contribution < 1.29 is 32.6 Å². The van der Waals surface area contributed by atoms with Gasteiger partial charge in [-0.2, -0.15) is 13.2 Å². The van der Waals surface area contributed by atoms with E-state index in [2.05, 4.69) is 5.32 Å². The van der Waals surface area contributed by atoms with Crippen LogP contribution in [0.1, 0.15) is 55.3 Å². The molecule has 0 aliphatic carbocycles. The Labute approximate surface area is 195 Å². The molecule has 0 saturated heterocycles. The molecule has 8 heteroatoms. The predicted octanol–water partition coefficient (Wildman–Crippen LogP) is 6.23. The second-order valence-electron chi connectivity index (χ2n) is 9.15. The van der Waals surface area contributed by atoms with Crippen LogP contribution in [0.2, 0.25) is 0 Å².